The minimum atomic E-state index is -0.0422. The molecule has 21 heavy (non-hydrogen) atoms. The first-order valence-electron chi connectivity index (χ1n) is 6.63. The van der Waals surface area contributed by atoms with Gasteiger partial charge in [0.25, 0.3) is 0 Å². The molecule has 6 heteroatoms. The van der Waals surface area contributed by atoms with Gasteiger partial charge in [0, 0.05) is 37.1 Å². The van der Waals surface area contributed by atoms with Gasteiger partial charge in [0.2, 0.25) is 5.91 Å². The fourth-order valence-electron chi connectivity index (χ4n) is 1.69. The van der Waals surface area contributed by atoms with Crippen molar-refractivity contribution in [2.24, 2.45) is 7.05 Å². The van der Waals surface area contributed by atoms with Crippen LogP contribution in [-0.4, -0.2) is 27.0 Å². The van der Waals surface area contributed by atoms with Gasteiger partial charge in [-0.1, -0.05) is 18.7 Å². The number of hydrogen-bond acceptors (Lipinski definition) is 4. The molecule has 0 radical (unpaired) electrons. The van der Waals surface area contributed by atoms with Gasteiger partial charge in [-0.3, -0.25) is 9.59 Å². The van der Waals surface area contributed by atoms with Crippen LogP contribution in [-0.2, 0) is 11.8 Å². The average molecular weight is 303 g/mol. The number of benzene rings is 1. The molecule has 1 aromatic carbocycles. The lowest BCUT2D eigenvalue weighted by molar-refractivity contribution is -0.115. The Labute approximate surface area is 127 Å². The second-order valence-electron chi connectivity index (χ2n) is 4.51. The van der Waals surface area contributed by atoms with Crippen LogP contribution in [0.25, 0.3) is 0 Å². The minimum Gasteiger partial charge on any atom is -0.329 e. The summed E-state index contributed by atoms with van der Waals surface area (Å²) >= 11 is 1.41. The van der Waals surface area contributed by atoms with Crippen molar-refractivity contribution in [1.82, 2.24) is 9.55 Å². The minimum absolute atomic E-state index is 0.0383. The van der Waals surface area contributed by atoms with Gasteiger partial charge in [-0.15, -0.1) is 0 Å². The Morgan fingerprint density at radius 1 is 1.29 bits per heavy atom. The van der Waals surface area contributed by atoms with Crippen molar-refractivity contribution in [2.45, 2.75) is 18.5 Å². The molecule has 1 N–H and O–H groups in total. The van der Waals surface area contributed by atoms with Crippen LogP contribution in [0.4, 0.5) is 5.69 Å². The molecule has 2 rings (SSSR count). The highest BCUT2D eigenvalue weighted by Gasteiger charge is 2.09. The second-order valence-corrected chi connectivity index (χ2v) is 5.45. The number of aryl methyl sites for hydroxylation is 1. The number of nitrogens with zero attached hydrogens (tertiary/aromatic N) is 2. The van der Waals surface area contributed by atoms with Crippen LogP contribution in [0.5, 0.6) is 0 Å². The first kappa shape index (κ1) is 15.3. The number of carbonyl (C=O) groups is 2. The summed E-state index contributed by atoms with van der Waals surface area (Å²) in [5.74, 6) is 0.335. The van der Waals surface area contributed by atoms with Gasteiger partial charge in [-0.2, -0.15) is 0 Å². The fraction of sp³-hybridized carbons (Fsp3) is 0.267. The highest BCUT2D eigenvalue weighted by Crippen LogP contribution is 2.17. The van der Waals surface area contributed by atoms with Gasteiger partial charge in [0.1, 0.15) is 0 Å². The Hall–Kier alpha value is -2.08. The summed E-state index contributed by atoms with van der Waals surface area (Å²) in [6, 6.07) is 6.94. The Bertz CT molecular complexity index is 635. The number of ketones is 1. The van der Waals surface area contributed by atoms with Crippen LogP contribution >= 0.6 is 11.8 Å². The van der Waals surface area contributed by atoms with Gasteiger partial charge in [-0.05, 0) is 24.3 Å². The van der Waals surface area contributed by atoms with Crippen LogP contribution in [0.1, 0.15) is 23.7 Å². The summed E-state index contributed by atoms with van der Waals surface area (Å²) < 4.78 is 1.88. The molecule has 2 aromatic rings. The number of aromatic nitrogens is 2. The highest BCUT2D eigenvalue weighted by atomic mass is 32.2. The van der Waals surface area contributed by atoms with Crippen LogP contribution in [0.15, 0.2) is 41.8 Å². The van der Waals surface area contributed by atoms with E-state index in [0.29, 0.717) is 23.4 Å². The van der Waals surface area contributed by atoms with E-state index in [0.717, 1.165) is 5.16 Å². The maximum atomic E-state index is 12.1. The van der Waals surface area contributed by atoms with Gasteiger partial charge in [0.15, 0.2) is 10.9 Å². The molecule has 0 bridgehead atoms. The number of anilines is 1. The number of hydrogen-bond donors (Lipinski definition) is 1. The van der Waals surface area contributed by atoms with Crippen LogP contribution in [0, 0.1) is 0 Å². The van der Waals surface area contributed by atoms with Crippen molar-refractivity contribution in [3.8, 4) is 0 Å². The van der Waals surface area contributed by atoms with E-state index in [1.54, 1.807) is 37.4 Å². The van der Waals surface area contributed by atoms with Crippen LogP contribution < -0.4 is 5.32 Å². The lowest BCUT2D eigenvalue weighted by Crippen LogP contribution is -2.10. The smallest absolute Gasteiger partial charge is 0.224 e. The zero-order valence-corrected chi connectivity index (χ0v) is 12.8. The molecule has 0 fully saturated rings. The van der Waals surface area contributed by atoms with Crippen molar-refractivity contribution < 1.29 is 9.59 Å². The van der Waals surface area contributed by atoms with Crippen molar-refractivity contribution >= 4 is 29.1 Å². The first-order chi connectivity index (χ1) is 10.1. The molecule has 0 atom stereocenters. The van der Waals surface area contributed by atoms with Gasteiger partial charge < -0.3 is 9.88 Å². The molecular weight excluding hydrogens is 286 g/mol. The first-order valence-corrected chi connectivity index (χ1v) is 7.62. The number of carbonyl (C=O) groups excluding carboxylic acids is 2. The van der Waals surface area contributed by atoms with E-state index in [4.69, 9.17) is 0 Å². The van der Waals surface area contributed by atoms with E-state index in [1.807, 2.05) is 17.8 Å². The number of nitrogens with one attached hydrogen (secondary N) is 1. The molecule has 0 saturated carbocycles. The standard InChI is InChI=1S/C15H17N3O2S/c1-3-14(20)17-12-6-4-11(5-7-12)13(19)10-21-15-16-8-9-18(15)2/h4-9H,3,10H2,1-2H3,(H,17,20). The normalized spacial score (nSPS) is 10.4. The maximum absolute atomic E-state index is 12.1. The average Bonchev–Trinajstić information content (AvgIpc) is 2.90. The molecule has 1 heterocycles. The zero-order valence-electron chi connectivity index (χ0n) is 12.0. The molecule has 5 nitrogen and oxygen atoms in total. The van der Waals surface area contributed by atoms with E-state index in [1.165, 1.54) is 11.8 Å². The van der Waals surface area contributed by atoms with E-state index in [2.05, 4.69) is 10.3 Å². The maximum Gasteiger partial charge on any atom is 0.224 e. The van der Waals surface area contributed by atoms with Gasteiger partial charge in [-0.25, -0.2) is 4.98 Å². The van der Waals surface area contributed by atoms with E-state index in [9.17, 15) is 9.59 Å². The summed E-state index contributed by atoms with van der Waals surface area (Å²) in [6.45, 7) is 1.79. The molecule has 0 aliphatic heterocycles. The lowest BCUT2D eigenvalue weighted by Gasteiger charge is -2.05. The Kier molecular flexibility index (Phi) is 5.16. The van der Waals surface area contributed by atoms with Crippen LogP contribution in [0.3, 0.4) is 0 Å². The third-order valence-corrected chi connectivity index (χ3v) is 3.98. The second kappa shape index (κ2) is 7.08. The molecule has 110 valence electrons. The number of imidazole rings is 1. The Morgan fingerprint density at radius 2 is 2.00 bits per heavy atom. The van der Waals surface area contributed by atoms with E-state index >= 15 is 0 Å². The van der Waals surface area contributed by atoms with Crippen molar-refractivity contribution in [2.75, 3.05) is 11.1 Å². The Morgan fingerprint density at radius 3 is 2.57 bits per heavy atom. The summed E-state index contributed by atoms with van der Waals surface area (Å²) in [5.41, 5.74) is 1.33. The Balaban J connectivity index is 1.93. The SMILES string of the molecule is CCC(=O)Nc1ccc(C(=O)CSc2nccn2C)cc1. The fourth-order valence-corrected chi connectivity index (χ4v) is 2.52. The van der Waals surface area contributed by atoms with Crippen molar-refractivity contribution in [3.63, 3.8) is 0 Å². The lowest BCUT2D eigenvalue weighted by atomic mass is 10.1. The van der Waals surface area contributed by atoms with Crippen molar-refractivity contribution in [3.05, 3.63) is 42.2 Å². The molecule has 0 spiro atoms. The van der Waals surface area contributed by atoms with Gasteiger partial charge >= 0.3 is 0 Å². The van der Waals surface area contributed by atoms with Crippen molar-refractivity contribution in [1.29, 1.82) is 0 Å². The number of amides is 1. The quantitative estimate of drug-likeness (QED) is 0.658. The molecule has 0 aliphatic rings. The molecular formula is C15H17N3O2S. The number of rotatable bonds is 6. The summed E-state index contributed by atoms with van der Waals surface area (Å²) in [5, 5.41) is 3.57. The third kappa shape index (κ3) is 4.19. The third-order valence-electron chi connectivity index (χ3n) is 2.92. The summed E-state index contributed by atoms with van der Waals surface area (Å²) in [7, 11) is 1.89. The largest absolute Gasteiger partial charge is 0.329 e. The van der Waals surface area contributed by atoms with Gasteiger partial charge in [0.05, 0.1) is 5.75 Å². The van der Waals surface area contributed by atoms with Crippen LogP contribution in [0.2, 0.25) is 0 Å². The van der Waals surface area contributed by atoms with E-state index in [-0.39, 0.29) is 11.7 Å². The molecule has 0 aliphatic carbocycles. The van der Waals surface area contributed by atoms with E-state index < -0.39 is 0 Å². The summed E-state index contributed by atoms with van der Waals surface area (Å²) in [4.78, 5) is 27.5. The highest BCUT2D eigenvalue weighted by molar-refractivity contribution is 7.99. The predicted octanol–water partition coefficient (Wildman–Crippen LogP) is 2.74. The molecule has 0 saturated heterocycles. The molecule has 1 amide bonds. The topological polar surface area (TPSA) is 64.0 Å². The molecule has 1 aromatic heterocycles. The zero-order chi connectivity index (χ0) is 15.2. The monoisotopic (exact) mass is 303 g/mol. The number of thioether (sulfide) groups is 1. The predicted molar refractivity (Wildman–Crippen MR) is 83.6 cm³/mol. The number of Topliss-reactive ketones (excluding diaryl/α,β-unsaturated/α-hetero) is 1. The summed E-state index contributed by atoms with van der Waals surface area (Å²) in [6.07, 6.45) is 3.98. The molecule has 0 unspecified atom stereocenters.